The Balaban J connectivity index is 1.51. The summed E-state index contributed by atoms with van der Waals surface area (Å²) in [6.45, 7) is 3.19. The van der Waals surface area contributed by atoms with E-state index in [2.05, 4.69) is 17.1 Å². The third-order valence-corrected chi connectivity index (χ3v) is 4.81. The highest BCUT2D eigenvalue weighted by Crippen LogP contribution is 2.37. The molecule has 1 heterocycles. The number of carbonyl (C=O) groups excluding carboxylic acids is 1. The maximum absolute atomic E-state index is 12.2. The molecule has 3 rings (SSSR count). The van der Waals surface area contributed by atoms with Crippen LogP contribution >= 0.6 is 0 Å². The fraction of sp³-hybridized carbons (Fsp3) is 0.929. The highest BCUT2D eigenvalue weighted by Gasteiger charge is 2.40. The van der Waals surface area contributed by atoms with Crippen LogP contribution in [0.15, 0.2) is 0 Å². The maximum atomic E-state index is 12.2. The predicted molar refractivity (Wildman–Crippen MR) is 67.8 cm³/mol. The van der Waals surface area contributed by atoms with Gasteiger partial charge < -0.3 is 10.2 Å². The van der Waals surface area contributed by atoms with Crippen molar-refractivity contribution >= 4 is 6.03 Å². The van der Waals surface area contributed by atoms with Crippen molar-refractivity contribution in [1.82, 2.24) is 10.2 Å². The molecule has 2 bridgehead atoms. The first-order valence-corrected chi connectivity index (χ1v) is 7.33. The molecule has 0 spiro atoms. The van der Waals surface area contributed by atoms with Gasteiger partial charge >= 0.3 is 6.03 Å². The highest BCUT2D eigenvalue weighted by molar-refractivity contribution is 5.75. The van der Waals surface area contributed by atoms with Crippen molar-refractivity contribution < 1.29 is 4.79 Å². The molecule has 0 aromatic rings. The molecule has 0 aromatic carbocycles. The van der Waals surface area contributed by atoms with Crippen LogP contribution in [-0.4, -0.2) is 29.6 Å². The van der Waals surface area contributed by atoms with E-state index < -0.39 is 0 Å². The van der Waals surface area contributed by atoms with Gasteiger partial charge in [-0.15, -0.1) is 0 Å². The Morgan fingerprint density at radius 1 is 1.35 bits per heavy atom. The van der Waals surface area contributed by atoms with Gasteiger partial charge in [0.2, 0.25) is 0 Å². The van der Waals surface area contributed by atoms with Crippen LogP contribution in [0.1, 0.15) is 51.9 Å². The molecule has 0 aromatic heterocycles. The summed E-state index contributed by atoms with van der Waals surface area (Å²) in [7, 11) is 0. The Kier molecular flexibility index (Phi) is 3.01. The molecule has 2 aliphatic carbocycles. The summed E-state index contributed by atoms with van der Waals surface area (Å²) in [4.78, 5) is 14.3. The molecule has 1 aliphatic heterocycles. The minimum absolute atomic E-state index is 0.213. The van der Waals surface area contributed by atoms with E-state index in [0.717, 1.165) is 24.8 Å². The van der Waals surface area contributed by atoms with Gasteiger partial charge in [0.25, 0.3) is 0 Å². The smallest absolute Gasteiger partial charge is 0.317 e. The van der Waals surface area contributed by atoms with Crippen molar-refractivity contribution in [3.63, 3.8) is 0 Å². The number of carbonyl (C=O) groups is 1. The van der Waals surface area contributed by atoms with Gasteiger partial charge in [-0.05, 0) is 43.9 Å². The SMILES string of the molecule is CC[C@H](CC1CC1)NC(=O)N1C[C@H]2CC[C@H]1C2. The quantitative estimate of drug-likeness (QED) is 0.799. The summed E-state index contributed by atoms with van der Waals surface area (Å²) in [6, 6.07) is 1.18. The molecule has 2 saturated carbocycles. The van der Waals surface area contributed by atoms with E-state index in [1.807, 2.05) is 0 Å². The van der Waals surface area contributed by atoms with Crippen LogP contribution < -0.4 is 5.32 Å². The first-order chi connectivity index (χ1) is 8.26. The van der Waals surface area contributed by atoms with Crippen molar-refractivity contribution in [2.45, 2.75) is 64.0 Å². The molecular weight excluding hydrogens is 212 g/mol. The van der Waals surface area contributed by atoms with Crippen molar-refractivity contribution in [3.8, 4) is 0 Å². The molecule has 0 unspecified atom stereocenters. The number of hydrogen-bond acceptors (Lipinski definition) is 1. The van der Waals surface area contributed by atoms with Crippen LogP contribution in [0, 0.1) is 11.8 Å². The fourth-order valence-corrected chi connectivity index (χ4v) is 3.51. The van der Waals surface area contributed by atoms with Gasteiger partial charge in [0.1, 0.15) is 0 Å². The van der Waals surface area contributed by atoms with E-state index >= 15 is 0 Å². The molecule has 17 heavy (non-hydrogen) atoms. The molecular formula is C14H24N2O. The van der Waals surface area contributed by atoms with Gasteiger partial charge in [-0.2, -0.15) is 0 Å². The van der Waals surface area contributed by atoms with Crippen molar-refractivity contribution in [2.75, 3.05) is 6.54 Å². The number of hydrogen-bond donors (Lipinski definition) is 1. The molecule has 3 atom stereocenters. The molecule has 0 radical (unpaired) electrons. The maximum Gasteiger partial charge on any atom is 0.317 e. The van der Waals surface area contributed by atoms with E-state index in [9.17, 15) is 4.79 Å². The average molecular weight is 236 g/mol. The van der Waals surface area contributed by atoms with Crippen molar-refractivity contribution in [2.24, 2.45) is 11.8 Å². The van der Waals surface area contributed by atoms with E-state index in [1.165, 1.54) is 38.5 Å². The molecule has 3 nitrogen and oxygen atoms in total. The van der Waals surface area contributed by atoms with Crippen LogP contribution in [-0.2, 0) is 0 Å². The normalized spacial score (nSPS) is 32.9. The topological polar surface area (TPSA) is 32.3 Å². The van der Waals surface area contributed by atoms with Gasteiger partial charge in [-0.1, -0.05) is 19.8 Å². The molecule has 3 aliphatic rings. The van der Waals surface area contributed by atoms with Crippen LogP contribution in [0.2, 0.25) is 0 Å². The highest BCUT2D eigenvalue weighted by atomic mass is 16.2. The number of amides is 2. The Hall–Kier alpha value is -0.730. The summed E-state index contributed by atoms with van der Waals surface area (Å²) in [5.41, 5.74) is 0. The lowest BCUT2D eigenvalue weighted by Gasteiger charge is -2.29. The molecule has 3 heteroatoms. The standard InChI is InChI=1S/C14H24N2O/c1-2-12(7-10-3-4-10)15-14(17)16-9-11-5-6-13(16)8-11/h10-13H,2-9H2,1H3,(H,15,17)/t11-,12+,13-/m0/s1. The second kappa shape index (κ2) is 4.51. The average Bonchev–Trinajstić information content (AvgIpc) is 2.90. The third kappa shape index (κ3) is 2.43. The first-order valence-electron chi connectivity index (χ1n) is 7.33. The number of nitrogens with one attached hydrogen (secondary N) is 1. The van der Waals surface area contributed by atoms with Gasteiger partial charge in [0, 0.05) is 18.6 Å². The second-order valence-electron chi connectivity index (χ2n) is 6.22. The fourth-order valence-electron chi connectivity index (χ4n) is 3.51. The number of urea groups is 1. The number of likely N-dealkylation sites (tertiary alicyclic amines) is 1. The Morgan fingerprint density at radius 3 is 2.71 bits per heavy atom. The van der Waals surface area contributed by atoms with Crippen LogP contribution in [0.5, 0.6) is 0 Å². The van der Waals surface area contributed by atoms with E-state index in [-0.39, 0.29) is 6.03 Å². The molecule has 1 saturated heterocycles. The van der Waals surface area contributed by atoms with E-state index in [4.69, 9.17) is 0 Å². The summed E-state index contributed by atoms with van der Waals surface area (Å²) in [6.07, 6.45) is 8.86. The molecule has 2 amide bonds. The lowest BCUT2D eigenvalue weighted by Crippen LogP contribution is -2.47. The predicted octanol–water partition coefficient (Wildman–Crippen LogP) is 2.76. The van der Waals surface area contributed by atoms with Gasteiger partial charge in [-0.25, -0.2) is 4.79 Å². The Morgan fingerprint density at radius 2 is 2.18 bits per heavy atom. The Labute approximate surface area is 104 Å². The molecule has 3 fully saturated rings. The van der Waals surface area contributed by atoms with Crippen LogP contribution in [0.3, 0.4) is 0 Å². The third-order valence-electron chi connectivity index (χ3n) is 4.81. The zero-order chi connectivity index (χ0) is 11.8. The first kappa shape index (κ1) is 11.4. The second-order valence-corrected chi connectivity index (χ2v) is 6.22. The number of fused-ring (bicyclic) bond motifs is 2. The molecule has 1 N–H and O–H groups in total. The van der Waals surface area contributed by atoms with Crippen LogP contribution in [0.4, 0.5) is 4.79 Å². The lowest BCUT2D eigenvalue weighted by molar-refractivity contribution is 0.175. The van der Waals surface area contributed by atoms with E-state index in [1.54, 1.807) is 0 Å². The zero-order valence-corrected chi connectivity index (χ0v) is 10.8. The minimum Gasteiger partial charge on any atom is -0.335 e. The van der Waals surface area contributed by atoms with Gasteiger partial charge in [-0.3, -0.25) is 0 Å². The van der Waals surface area contributed by atoms with Crippen molar-refractivity contribution in [1.29, 1.82) is 0 Å². The number of nitrogens with zero attached hydrogens (tertiary/aromatic N) is 1. The summed E-state index contributed by atoms with van der Waals surface area (Å²) < 4.78 is 0. The molecule has 96 valence electrons. The number of piperidine rings is 1. The van der Waals surface area contributed by atoms with Gasteiger partial charge in [0.05, 0.1) is 0 Å². The number of rotatable bonds is 4. The lowest BCUT2D eigenvalue weighted by atomic mass is 10.1. The van der Waals surface area contributed by atoms with Crippen LogP contribution in [0.25, 0.3) is 0 Å². The largest absolute Gasteiger partial charge is 0.335 e. The summed E-state index contributed by atoms with van der Waals surface area (Å²) in [5, 5.41) is 3.25. The van der Waals surface area contributed by atoms with Crippen molar-refractivity contribution in [3.05, 3.63) is 0 Å². The monoisotopic (exact) mass is 236 g/mol. The summed E-state index contributed by atoms with van der Waals surface area (Å²) in [5.74, 6) is 1.70. The van der Waals surface area contributed by atoms with Gasteiger partial charge in [0.15, 0.2) is 0 Å². The summed E-state index contributed by atoms with van der Waals surface area (Å²) >= 11 is 0. The van der Waals surface area contributed by atoms with E-state index in [0.29, 0.717) is 12.1 Å². The Bertz CT molecular complexity index is 301. The zero-order valence-electron chi connectivity index (χ0n) is 10.8. The minimum atomic E-state index is 0.213.